The number of anilines is 1. The van der Waals surface area contributed by atoms with Crippen LogP contribution < -0.4 is 5.73 Å². The molecule has 4 rings (SSSR count). The predicted molar refractivity (Wildman–Crippen MR) is 96.9 cm³/mol. The number of halogens is 1. The molecule has 0 saturated heterocycles. The van der Waals surface area contributed by atoms with Crippen molar-refractivity contribution in [1.29, 1.82) is 0 Å². The third-order valence-corrected chi connectivity index (χ3v) is 4.31. The molecule has 124 valence electrons. The maximum Gasteiger partial charge on any atom is 0.282 e. The van der Waals surface area contributed by atoms with Crippen molar-refractivity contribution in [2.24, 2.45) is 0 Å². The summed E-state index contributed by atoms with van der Waals surface area (Å²) in [6.07, 6.45) is 0. The zero-order chi connectivity index (χ0) is 17.4. The van der Waals surface area contributed by atoms with Gasteiger partial charge in [0.2, 0.25) is 5.82 Å². The number of hydrogen-bond donors (Lipinski definition) is 1. The first-order chi connectivity index (χ1) is 12.1. The second kappa shape index (κ2) is 6.14. The predicted octanol–water partition coefficient (Wildman–Crippen LogP) is 3.64. The summed E-state index contributed by atoms with van der Waals surface area (Å²) in [6, 6.07) is 15.4. The van der Waals surface area contributed by atoms with E-state index >= 15 is 0 Å². The normalized spacial score (nSPS) is 11.0. The summed E-state index contributed by atoms with van der Waals surface area (Å²) in [7, 11) is 0. The third-order valence-electron chi connectivity index (χ3n) is 3.78. The molecule has 0 fully saturated rings. The Morgan fingerprint density at radius 1 is 1.08 bits per heavy atom. The molecule has 8 heteroatoms. The van der Waals surface area contributed by atoms with Crippen LogP contribution >= 0.6 is 15.9 Å². The van der Waals surface area contributed by atoms with Gasteiger partial charge in [0.05, 0.1) is 5.69 Å². The van der Waals surface area contributed by atoms with Crippen molar-refractivity contribution in [2.45, 2.75) is 6.92 Å². The van der Waals surface area contributed by atoms with Gasteiger partial charge in [-0.3, -0.25) is 0 Å². The Bertz CT molecular complexity index is 1040. The summed E-state index contributed by atoms with van der Waals surface area (Å²) >= 11 is 3.40. The van der Waals surface area contributed by atoms with Gasteiger partial charge in [0, 0.05) is 10.0 Å². The molecule has 0 spiro atoms. The van der Waals surface area contributed by atoms with Crippen molar-refractivity contribution < 1.29 is 4.52 Å². The van der Waals surface area contributed by atoms with E-state index in [2.05, 4.69) is 36.4 Å². The largest absolute Gasteiger partial charge is 0.382 e. The number of aryl methyl sites for hydroxylation is 1. The van der Waals surface area contributed by atoms with E-state index in [4.69, 9.17) is 10.3 Å². The first-order valence-electron chi connectivity index (χ1n) is 7.50. The van der Waals surface area contributed by atoms with Gasteiger partial charge in [0.1, 0.15) is 0 Å². The zero-order valence-corrected chi connectivity index (χ0v) is 14.8. The van der Waals surface area contributed by atoms with Crippen LogP contribution in [0.25, 0.3) is 28.7 Å². The van der Waals surface area contributed by atoms with Crippen molar-refractivity contribution in [3.8, 4) is 28.7 Å². The summed E-state index contributed by atoms with van der Waals surface area (Å²) in [4.78, 5) is 4.38. The van der Waals surface area contributed by atoms with Gasteiger partial charge in [-0.05, 0) is 42.8 Å². The Kier molecular flexibility index (Phi) is 3.81. The van der Waals surface area contributed by atoms with Crippen LogP contribution in [0.5, 0.6) is 0 Å². The van der Waals surface area contributed by atoms with Gasteiger partial charge in [-0.2, -0.15) is 9.67 Å². The van der Waals surface area contributed by atoms with E-state index in [1.165, 1.54) is 0 Å². The van der Waals surface area contributed by atoms with E-state index in [-0.39, 0.29) is 5.89 Å². The van der Waals surface area contributed by atoms with Gasteiger partial charge in [-0.1, -0.05) is 44.5 Å². The van der Waals surface area contributed by atoms with Gasteiger partial charge in [0.15, 0.2) is 11.5 Å². The number of nitrogen functional groups attached to an aromatic ring is 1. The molecule has 0 atom stereocenters. The van der Waals surface area contributed by atoms with E-state index in [1.54, 1.807) is 4.68 Å². The zero-order valence-electron chi connectivity index (χ0n) is 13.2. The first kappa shape index (κ1) is 15.5. The van der Waals surface area contributed by atoms with Crippen LogP contribution in [-0.4, -0.2) is 25.1 Å². The molecule has 2 heterocycles. The smallest absolute Gasteiger partial charge is 0.282 e. The second-order valence-corrected chi connectivity index (χ2v) is 6.37. The molecule has 0 radical (unpaired) electrons. The summed E-state index contributed by atoms with van der Waals surface area (Å²) < 4.78 is 7.87. The van der Waals surface area contributed by atoms with E-state index < -0.39 is 0 Å². The van der Waals surface area contributed by atoms with Crippen LogP contribution in [0.3, 0.4) is 0 Å². The van der Waals surface area contributed by atoms with Gasteiger partial charge < -0.3 is 10.3 Å². The van der Waals surface area contributed by atoms with Crippen LogP contribution in [0.2, 0.25) is 0 Å². The van der Waals surface area contributed by atoms with Crippen LogP contribution in [0, 0.1) is 6.92 Å². The van der Waals surface area contributed by atoms with Crippen molar-refractivity contribution in [1.82, 2.24) is 25.1 Å². The number of rotatable bonds is 3. The minimum atomic E-state index is 0.232. The SMILES string of the molecule is Cc1ccccc1-n1nnc(-c2nc(-c3ccc(Br)cc3)no2)c1N. The van der Waals surface area contributed by atoms with Crippen molar-refractivity contribution in [3.05, 3.63) is 58.6 Å². The molecule has 0 unspecified atom stereocenters. The lowest BCUT2D eigenvalue weighted by molar-refractivity contribution is 0.431. The summed E-state index contributed by atoms with van der Waals surface area (Å²) in [5.74, 6) is 1.04. The fourth-order valence-electron chi connectivity index (χ4n) is 2.46. The molecule has 0 bridgehead atoms. The third kappa shape index (κ3) is 2.80. The highest BCUT2D eigenvalue weighted by atomic mass is 79.9. The highest BCUT2D eigenvalue weighted by molar-refractivity contribution is 9.10. The number of para-hydroxylation sites is 1. The molecule has 0 amide bonds. The Morgan fingerprint density at radius 3 is 2.60 bits per heavy atom. The highest BCUT2D eigenvalue weighted by Crippen LogP contribution is 2.27. The summed E-state index contributed by atoms with van der Waals surface area (Å²) in [5, 5.41) is 12.2. The fraction of sp³-hybridized carbons (Fsp3) is 0.0588. The van der Waals surface area contributed by atoms with Gasteiger partial charge in [-0.15, -0.1) is 5.10 Å². The molecule has 0 aliphatic rings. The monoisotopic (exact) mass is 396 g/mol. The van der Waals surface area contributed by atoms with Crippen molar-refractivity contribution >= 4 is 21.7 Å². The molecular weight excluding hydrogens is 384 g/mol. The minimum Gasteiger partial charge on any atom is -0.382 e. The minimum absolute atomic E-state index is 0.232. The van der Waals surface area contributed by atoms with Gasteiger partial charge in [0.25, 0.3) is 5.89 Å². The molecule has 4 aromatic rings. The average molecular weight is 397 g/mol. The van der Waals surface area contributed by atoms with E-state index in [1.807, 2.05) is 55.5 Å². The molecule has 7 nitrogen and oxygen atoms in total. The molecule has 25 heavy (non-hydrogen) atoms. The number of aromatic nitrogens is 5. The molecular formula is C17H13BrN6O. The van der Waals surface area contributed by atoms with E-state index in [9.17, 15) is 0 Å². The molecule has 2 N–H and O–H groups in total. The standard InChI is InChI=1S/C17H13BrN6O/c1-10-4-2-3-5-13(10)24-15(19)14(21-23-24)17-20-16(22-25-17)11-6-8-12(18)9-7-11/h2-9H,19H2,1H3. The number of hydrogen-bond acceptors (Lipinski definition) is 6. The number of benzene rings is 2. The molecule has 2 aromatic heterocycles. The molecule has 2 aromatic carbocycles. The number of nitrogens with two attached hydrogens (primary N) is 1. The summed E-state index contributed by atoms with van der Waals surface area (Å²) in [6.45, 7) is 1.98. The lowest BCUT2D eigenvalue weighted by Crippen LogP contribution is -2.04. The van der Waals surface area contributed by atoms with Gasteiger partial charge in [-0.25, -0.2) is 0 Å². The van der Waals surface area contributed by atoms with Gasteiger partial charge >= 0.3 is 0 Å². The number of nitrogens with zero attached hydrogens (tertiary/aromatic N) is 5. The lowest BCUT2D eigenvalue weighted by atomic mass is 10.2. The second-order valence-electron chi connectivity index (χ2n) is 5.45. The van der Waals surface area contributed by atoms with Crippen LogP contribution in [-0.2, 0) is 0 Å². The maximum atomic E-state index is 6.21. The fourth-order valence-corrected chi connectivity index (χ4v) is 2.72. The molecule has 0 saturated carbocycles. The van der Waals surface area contributed by atoms with Crippen LogP contribution in [0.15, 0.2) is 57.5 Å². The Balaban J connectivity index is 1.72. The summed E-state index contributed by atoms with van der Waals surface area (Å²) in [5.41, 5.74) is 9.29. The lowest BCUT2D eigenvalue weighted by Gasteiger charge is -2.05. The molecule has 0 aliphatic heterocycles. The Hall–Kier alpha value is -3.00. The van der Waals surface area contributed by atoms with E-state index in [0.29, 0.717) is 17.3 Å². The Labute approximate surface area is 151 Å². The topological polar surface area (TPSA) is 95.6 Å². The quantitative estimate of drug-likeness (QED) is 0.567. The maximum absolute atomic E-state index is 6.21. The average Bonchev–Trinajstić information content (AvgIpc) is 3.23. The Morgan fingerprint density at radius 2 is 1.84 bits per heavy atom. The van der Waals surface area contributed by atoms with E-state index in [0.717, 1.165) is 21.3 Å². The first-order valence-corrected chi connectivity index (χ1v) is 8.30. The van der Waals surface area contributed by atoms with Crippen LogP contribution in [0.4, 0.5) is 5.82 Å². The highest BCUT2D eigenvalue weighted by Gasteiger charge is 2.20. The van der Waals surface area contributed by atoms with Crippen LogP contribution in [0.1, 0.15) is 5.56 Å². The van der Waals surface area contributed by atoms with Crippen molar-refractivity contribution in [2.75, 3.05) is 5.73 Å². The van der Waals surface area contributed by atoms with Crippen molar-refractivity contribution in [3.63, 3.8) is 0 Å². The molecule has 0 aliphatic carbocycles.